The van der Waals surface area contributed by atoms with Gasteiger partial charge in [-0.1, -0.05) is 25.5 Å². The largest absolute Gasteiger partial charge is 0.314 e. The van der Waals surface area contributed by atoms with Crippen LogP contribution in [0.15, 0.2) is 24.3 Å². The lowest BCUT2D eigenvalue weighted by atomic mass is 10.1. The van der Waals surface area contributed by atoms with E-state index in [1.807, 2.05) is 6.07 Å². The van der Waals surface area contributed by atoms with Crippen LogP contribution >= 0.6 is 0 Å². The zero-order valence-corrected chi connectivity index (χ0v) is 10.5. The van der Waals surface area contributed by atoms with Crippen molar-refractivity contribution in [2.24, 2.45) is 0 Å². The van der Waals surface area contributed by atoms with Crippen LogP contribution in [0.1, 0.15) is 25.3 Å². The lowest BCUT2D eigenvalue weighted by Crippen LogP contribution is -2.50. The highest BCUT2D eigenvalue weighted by Gasteiger charge is 2.21. The van der Waals surface area contributed by atoms with Crippen molar-refractivity contribution in [1.82, 2.24) is 10.2 Å². The first-order valence-electron chi connectivity index (χ1n) is 6.49. The Balaban J connectivity index is 2.00. The van der Waals surface area contributed by atoms with Crippen LogP contribution in [0.4, 0.5) is 4.39 Å². The minimum Gasteiger partial charge on any atom is -0.314 e. The van der Waals surface area contributed by atoms with Crippen molar-refractivity contribution < 1.29 is 4.39 Å². The molecule has 0 radical (unpaired) electrons. The minimum atomic E-state index is -0.135. The zero-order chi connectivity index (χ0) is 12.1. The fraction of sp³-hybridized carbons (Fsp3) is 0.571. The molecule has 0 spiro atoms. The highest BCUT2D eigenvalue weighted by atomic mass is 19.1. The monoisotopic (exact) mass is 236 g/mol. The van der Waals surface area contributed by atoms with Gasteiger partial charge in [0.1, 0.15) is 5.82 Å². The standard InChI is InChI=1S/C14H21FN2/c1-2-4-14-10-16-7-8-17(14)11-12-5-3-6-13(15)9-12/h3,5-6,9,14,16H,2,4,7-8,10-11H2,1H3. The van der Waals surface area contributed by atoms with Gasteiger partial charge in [-0.25, -0.2) is 4.39 Å². The molecule has 1 atom stereocenters. The summed E-state index contributed by atoms with van der Waals surface area (Å²) >= 11 is 0. The van der Waals surface area contributed by atoms with Crippen LogP contribution in [0.25, 0.3) is 0 Å². The Labute approximate surface area is 103 Å². The molecule has 0 amide bonds. The molecule has 1 unspecified atom stereocenters. The number of benzene rings is 1. The molecule has 1 aromatic rings. The molecule has 0 bridgehead atoms. The van der Waals surface area contributed by atoms with E-state index in [1.165, 1.54) is 18.9 Å². The molecule has 1 aliphatic heterocycles. The number of hydrogen-bond donors (Lipinski definition) is 1. The topological polar surface area (TPSA) is 15.3 Å². The Bertz CT molecular complexity index is 352. The summed E-state index contributed by atoms with van der Waals surface area (Å²) in [5, 5.41) is 3.43. The summed E-state index contributed by atoms with van der Waals surface area (Å²) < 4.78 is 13.1. The number of rotatable bonds is 4. The molecule has 1 aliphatic rings. The highest BCUT2D eigenvalue weighted by Crippen LogP contribution is 2.14. The van der Waals surface area contributed by atoms with Crippen molar-refractivity contribution in [3.63, 3.8) is 0 Å². The summed E-state index contributed by atoms with van der Waals surface area (Å²) in [6.07, 6.45) is 2.41. The van der Waals surface area contributed by atoms with E-state index in [2.05, 4.69) is 17.1 Å². The summed E-state index contributed by atoms with van der Waals surface area (Å²) in [5.74, 6) is -0.135. The van der Waals surface area contributed by atoms with E-state index in [9.17, 15) is 4.39 Å². The first kappa shape index (κ1) is 12.5. The molecular weight excluding hydrogens is 215 g/mol. The molecule has 94 valence electrons. The second-order valence-corrected chi connectivity index (χ2v) is 4.75. The Hall–Kier alpha value is -0.930. The van der Waals surface area contributed by atoms with Crippen LogP contribution in [0.3, 0.4) is 0 Å². The number of piperazine rings is 1. The lowest BCUT2D eigenvalue weighted by molar-refractivity contribution is 0.144. The average Bonchev–Trinajstić information content (AvgIpc) is 2.32. The molecule has 1 fully saturated rings. The van der Waals surface area contributed by atoms with Crippen LogP contribution in [0, 0.1) is 5.82 Å². The van der Waals surface area contributed by atoms with Crippen molar-refractivity contribution in [1.29, 1.82) is 0 Å². The maximum atomic E-state index is 13.1. The van der Waals surface area contributed by atoms with Crippen LogP contribution in [0.2, 0.25) is 0 Å². The predicted molar refractivity (Wildman–Crippen MR) is 68.4 cm³/mol. The van der Waals surface area contributed by atoms with Gasteiger partial charge in [0.2, 0.25) is 0 Å². The van der Waals surface area contributed by atoms with Crippen LogP contribution in [0.5, 0.6) is 0 Å². The van der Waals surface area contributed by atoms with Gasteiger partial charge < -0.3 is 5.32 Å². The molecule has 0 aliphatic carbocycles. The molecule has 2 rings (SSSR count). The van der Waals surface area contributed by atoms with E-state index in [-0.39, 0.29) is 5.82 Å². The third-order valence-electron chi connectivity index (χ3n) is 3.37. The molecule has 3 heteroatoms. The quantitative estimate of drug-likeness (QED) is 0.863. The van der Waals surface area contributed by atoms with Gasteiger partial charge in [-0.3, -0.25) is 4.90 Å². The van der Waals surface area contributed by atoms with Gasteiger partial charge in [0, 0.05) is 32.2 Å². The van der Waals surface area contributed by atoms with E-state index < -0.39 is 0 Å². The van der Waals surface area contributed by atoms with Crippen LogP contribution in [-0.2, 0) is 6.54 Å². The first-order chi connectivity index (χ1) is 8.29. The maximum Gasteiger partial charge on any atom is 0.123 e. The summed E-state index contributed by atoms with van der Waals surface area (Å²) in [5.41, 5.74) is 1.08. The maximum absolute atomic E-state index is 13.1. The van der Waals surface area contributed by atoms with Crippen molar-refractivity contribution in [3.8, 4) is 0 Å². The molecular formula is C14H21FN2. The third kappa shape index (κ3) is 3.51. The number of halogens is 1. The number of nitrogens with one attached hydrogen (secondary N) is 1. The first-order valence-corrected chi connectivity index (χ1v) is 6.49. The Morgan fingerprint density at radius 3 is 3.12 bits per heavy atom. The third-order valence-corrected chi connectivity index (χ3v) is 3.37. The van der Waals surface area contributed by atoms with E-state index in [0.717, 1.165) is 31.7 Å². The summed E-state index contributed by atoms with van der Waals surface area (Å²) in [4.78, 5) is 2.47. The molecule has 1 N–H and O–H groups in total. The predicted octanol–water partition coefficient (Wildman–Crippen LogP) is 2.40. The molecule has 2 nitrogen and oxygen atoms in total. The van der Waals surface area contributed by atoms with E-state index >= 15 is 0 Å². The molecule has 1 aromatic carbocycles. The van der Waals surface area contributed by atoms with Crippen molar-refractivity contribution in [2.75, 3.05) is 19.6 Å². The molecule has 1 heterocycles. The van der Waals surface area contributed by atoms with Gasteiger partial charge in [-0.05, 0) is 24.1 Å². The van der Waals surface area contributed by atoms with Gasteiger partial charge in [0.15, 0.2) is 0 Å². The van der Waals surface area contributed by atoms with Crippen molar-refractivity contribution in [3.05, 3.63) is 35.6 Å². The van der Waals surface area contributed by atoms with Crippen molar-refractivity contribution >= 4 is 0 Å². The number of hydrogen-bond acceptors (Lipinski definition) is 2. The van der Waals surface area contributed by atoms with Crippen LogP contribution < -0.4 is 5.32 Å². The summed E-state index contributed by atoms with van der Waals surface area (Å²) in [6, 6.07) is 7.54. The molecule has 1 saturated heterocycles. The minimum absolute atomic E-state index is 0.135. The fourth-order valence-electron chi connectivity index (χ4n) is 2.50. The normalized spacial score (nSPS) is 21.6. The van der Waals surface area contributed by atoms with E-state index in [1.54, 1.807) is 12.1 Å². The second-order valence-electron chi connectivity index (χ2n) is 4.75. The van der Waals surface area contributed by atoms with E-state index in [0.29, 0.717) is 6.04 Å². The lowest BCUT2D eigenvalue weighted by Gasteiger charge is -2.36. The summed E-state index contributed by atoms with van der Waals surface area (Å²) in [6.45, 7) is 6.24. The smallest absolute Gasteiger partial charge is 0.123 e. The van der Waals surface area contributed by atoms with Gasteiger partial charge in [-0.15, -0.1) is 0 Å². The van der Waals surface area contributed by atoms with Gasteiger partial charge in [0.25, 0.3) is 0 Å². The van der Waals surface area contributed by atoms with Gasteiger partial charge >= 0.3 is 0 Å². The SMILES string of the molecule is CCCC1CNCCN1Cc1cccc(F)c1. The molecule has 0 saturated carbocycles. The average molecular weight is 236 g/mol. The number of nitrogens with zero attached hydrogens (tertiary/aromatic N) is 1. The second kappa shape index (κ2) is 6.12. The Kier molecular flexibility index (Phi) is 4.51. The Morgan fingerprint density at radius 1 is 1.47 bits per heavy atom. The van der Waals surface area contributed by atoms with Crippen LogP contribution in [-0.4, -0.2) is 30.6 Å². The Morgan fingerprint density at radius 2 is 2.35 bits per heavy atom. The highest BCUT2D eigenvalue weighted by molar-refractivity contribution is 5.16. The summed E-state index contributed by atoms with van der Waals surface area (Å²) in [7, 11) is 0. The molecule has 0 aromatic heterocycles. The van der Waals surface area contributed by atoms with Gasteiger partial charge in [0.05, 0.1) is 0 Å². The molecule has 17 heavy (non-hydrogen) atoms. The van der Waals surface area contributed by atoms with Gasteiger partial charge in [-0.2, -0.15) is 0 Å². The zero-order valence-electron chi connectivity index (χ0n) is 10.5. The fourth-order valence-corrected chi connectivity index (χ4v) is 2.50. The van der Waals surface area contributed by atoms with Crippen molar-refractivity contribution in [2.45, 2.75) is 32.4 Å². The van der Waals surface area contributed by atoms with E-state index in [4.69, 9.17) is 0 Å².